The molecule has 0 aromatic carbocycles. The molecule has 0 heterocycles. The maximum absolute atomic E-state index is 8.25. The van der Waals surface area contributed by atoms with E-state index in [9.17, 15) is 0 Å². The molecule has 0 spiro atoms. The number of hydrogen-bond donors (Lipinski definition) is 0. The molecular weight excluding hydrogens is 462 g/mol. The molecule has 0 aromatic heterocycles. The van der Waals surface area contributed by atoms with Crippen LogP contribution < -0.4 is 0 Å². The third-order valence-corrected chi connectivity index (χ3v) is 0. The first kappa shape index (κ1) is 93.5. The van der Waals surface area contributed by atoms with Gasteiger partial charge in [0.05, 0.1) is 15.3 Å². The van der Waals surface area contributed by atoms with Gasteiger partial charge in [0.25, 0.3) is 0 Å². The molecule has 0 aromatic rings. The van der Waals surface area contributed by atoms with Gasteiger partial charge in [-0.25, -0.2) is 0 Å². The van der Waals surface area contributed by atoms with Crippen molar-refractivity contribution in [1.29, 1.82) is 0 Å². The van der Waals surface area contributed by atoms with Crippen molar-refractivity contribution in [3.63, 3.8) is 0 Å². The first-order valence-electron chi connectivity index (χ1n) is 1.64. The van der Waals surface area contributed by atoms with Gasteiger partial charge in [0, 0.05) is 58.9 Å². The number of rotatable bonds is 0. The van der Waals surface area contributed by atoms with Crippen LogP contribution in [0.3, 0.4) is 0 Å². The van der Waals surface area contributed by atoms with Crippen LogP contribution >= 0.6 is 0 Å². The summed E-state index contributed by atoms with van der Waals surface area (Å²) >= 11 is 0. The standard InChI is InChI=1S/3NO3.6H2O.Y.Zr/c3*2-1(3)4;;;;;;;;/h;;;6*1H2;;/q3*-1;;;;;;;;. The van der Waals surface area contributed by atoms with Gasteiger partial charge in [-0.05, 0) is 0 Å². The van der Waals surface area contributed by atoms with E-state index < -0.39 is 15.3 Å². The van der Waals surface area contributed by atoms with Crippen molar-refractivity contribution in [2.45, 2.75) is 0 Å². The van der Waals surface area contributed by atoms with E-state index in [0.717, 1.165) is 0 Å². The second kappa shape index (κ2) is 79.2. The van der Waals surface area contributed by atoms with E-state index >= 15 is 0 Å². The molecule has 1 radical (unpaired) electrons. The zero-order chi connectivity index (χ0) is 10.7. The summed E-state index contributed by atoms with van der Waals surface area (Å²) in [5.41, 5.74) is 0. The van der Waals surface area contributed by atoms with Crippen LogP contribution in [0.1, 0.15) is 0 Å². The van der Waals surface area contributed by atoms with Crippen molar-refractivity contribution in [2.75, 3.05) is 0 Å². The third-order valence-electron chi connectivity index (χ3n) is 0. The fourth-order valence-electron chi connectivity index (χ4n) is 0. The Morgan fingerprint density at radius 3 is 0.450 bits per heavy atom. The van der Waals surface area contributed by atoms with Crippen LogP contribution in [-0.2, 0) is 58.9 Å². The topological polar surface area (TPSA) is 388 Å². The summed E-state index contributed by atoms with van der Waals surface area (Å²) in [5, 5.41) is 44.2. The smallest absolute Gasteiger partial charge is 0.0689 e. The molecule has 127 valence electrons. The van der Waals surface area contributed by atoms with E-state index in [1.165, 1.54) is 0 Å². The summed E-state index contributed by atoms with van der Waals surface area (Å²) in [7, 11) is 0. The molecule has 0 atom stereocenters. The normalized spacial score (nSPS) is 3.60. The number of hydrogen-bond acceptors (Lipinski definition) is 9. The van der Waals surface area contributed by atoms with Crippen molar-refractivity contribution in [2.24, 2.45) is 0 Å². The van der Waals surface area contributed by atoms with Crippen LogP contribution in [0.25, 0.3) is 0 Å². The quantitative estimate of drug-likeness (QED) is 0.238. The Bertz CT molecular complexity index is 121. The molecule has 0 fully saturated rings. The minimum absolute atomic E-state index is 0. The fourth-order valence-corrected chi connectivity index (χ4v) is 0. The average Bonchev–Trinajstić information content (AvgIpc) is 1.54. The van der Waals surface area contributed by atoms with Gasteiger partial charge in [0.1, 0.15) is 0 Å². The van der Waals surface area contributed by atoms with E-state index in [2.05, 4.69) is 0 Å². The summed E-state index contributed by atoms with van der Waals surface area (Å²) < 4.78 is 0. The van der Waals surface area contributed by atoms with E-state index in [4.69, 9.17) is 46.0 Å². The Morgan fingerprint density at radius 1 is 0.450 bits per heavy atom. The summed E-state index contributed by atoms with van der Waals surface area (Å²) in [5.74, 6) is 0. The third kappa shape index (κ3) is 10900. The van der Waals surface area contributed by atoms with E-state index in [1.54, 1.807) is 0 Å². The molecule has 0 saturated heterocycles. The molecule has 0 aliphatic rings. The van der Waals surface area contributed by atoms with E-state index in [0.29, 0.717) is 0 Å². The molecule has 0 aliphatic heterocycles. The molecule has 0 bridgehead atoms. The SMILES string of the molecule is O.O.O.O.O.O.O=[N+]([O-])[O-].O=[N+]([O-])[O-].O=[N+]([O-])[O-].[Y].[Zr]. The zero-order valence-electron chi connectivity index (χ0n) is 9.09. The minimum atomic E-state index is -1.75. The second-order valence-corrected chi connectivity index (χ2v) is 0.671. The first-order valence-corrected chi connectivity index (χ1v) is 1.64. The van der Waals surface area contributed by atoms with Crippen molar-refractivity contribution >= 4 is 0 Å². The molecule has 20 heteroatoms. The van der Waals surface area contributed by atoms with Crippen molar-refractivity contribution < 1.29 is 107 Å². The van der Waals surface area contributed by atoms with Gasteiger partial charge in [-0.3, -0.25) is 0 Å². The Kier molecular flexibility index (Phi) is 370. The van der Waals surface area contributed by atoms with Crippen LogP contribution in [-0.4, -0.2) is 48.1 Å². The molecular formula is H12N3O15YZr-3. The molecule has 0 amide bonds. The molecule has 0 saturated carbocycles. The van der Waals surface area contributed by atoms with Crippen LogP contribution in [0.15, 0.2) is 0 Å². The summed E-state index contributed by atoms with van der Waals surface area (Å²) in [6, 6.07) is 0. The molecule has 18 nitrogen and oxygen atoms in total. The average molecular weight is 474 g/mol. The Labute approximate surface area is 152 Å². The largest absolute Gasteiger partial charge is 0.412 e. The molecule has 0 rings (SSSR count). The van der Waals surface area contributed by atoms with Crippen molar-refractivity contribution in [1.82, 2.24) is 0 Å². The number of nitrogens with zero attached hydrogens (tertiary/aromatic N) is 3. The van der Waals surface area contributed by atoms with Gasteiger partial charge >= 0.3 is 0 Å². The van der Waals surface area contributed by atoms with Crippen molar-refractivity contribution in [3.8, 4) is 0 Å². The first-order chi connectivity index (χ1) is 5.20. The molecule has 0 aliphatic carbocycles. The van der Waals surface area contributed by atoms with E-state index in [1.807, 2.05) is 0 Å². The van der Waals surface area contributed by atoms with Crippen LogP contribution in [0.4, 0.5) is 0 Å². The Hall–Kier alpha value is -0.653. The van der Waals surface area contributed by atoms with Gasteiger partial charge in [-0.2, -0.15) is 0 Å². The second-order valence-electron chi connectivity index (χ2n) is 0.671. The Morgan fingerprint density at radius 2 is 0.450 bits per heavy atom. The van der Waals surface area contributed by atoms with Crippen LogP contribution in [0.2, 0.25) is 0 Å². The van der Waals surface area contributed by atoms with Gasteiger partial charge in [0.15, 0.2) is 0 Å². The maximum atomic E-state index is 8.25. The zero-order valence-corrected chi connectivity index (χ0v) is 14.4. The minimum Gasteiger partial charge on any atom is -0.412 e. The molecule has 20 heavy (non-hydrogen) atoms. The summed E-state index contributed by atoms with van der Waals surface area (Å²) in [4.78, 5) is 24.8. The van der Waals surface area contributed by atoms with E-state index in [-0.39, 0.29) is 91.8 Å². The molecule has 0 unspecified atom stereocenters. The van der Waals surface area contributed by atoms with Crippen LogP contribution in [0.5, 0.6) is 0 Å². The van der Waals surface area contributed by atoms with Gasteiger partial charge in [0.2, 0.25) is 0 Å². The van der Waals surface area contributed by atoms with Crippen LogP contribution in [0, 0.1) is 46.0 Å². The predicted molar refractivity (Wildman–Crippen MR) is 52.8 cm³/mol. The Balaban J connectivity index is -0.00000000562. The van der Waals surface area contributed by atoms with Crippen molar-refractivity contribution in [3.05, 3.63) is 46.0 Å². The monoisotopic (exact) mass is 473 g/mol. The summed E-state index contributed by atoms with van der Waals surface area (Å²) in [6.07, 6.45) is 0. The maximum Gasteiger partial charge on any atom is 0.0689 e. The van der Waals surface area contributed by atoms with Gasteiger partial charge in [-0.15, -0.1) is 0 Å². The predicted octanol–water partition coefficient (Wildman–Crippen LogP) is -5.67. The van der Waals surface area contributed by atoms with Gasteiger partial charge in [-0.1, -0.05) is 0 Å². The summed E-state index contributed by atoms with van der Waals surface area (Å²) in [6.45, 7) is 0. The fraction of sp³-hybridized carbons (Fsp3) is 0. The van der Waals surface area contributed by atoms with Gasteiger partial charge < -0.3 is 78.8 Å². The molecule has 12 N–H and O–H groups in total.